The minimum Gasteiger partial charge on any atom is -0.385 e. The first-order valence-corrected chi connectivity index (χ1v) is 4.54. The van der Waals surface area contributed by atoms with Crippen LogP contribution in [0, 0.1) is 0 Å². The van der Waals surface area contributed by atoms with Crippen LogP contribution >= 0.6 is 0 Å². The topological polar surface area (TPSA) is 24.5 Å². The predicted octanol–water partition coefficient (Wildman–Crippen LogP) is 0.563. The molecule has 1 atom stereocenters. The molecule has 3 nitrogen and oxygen atoms in total. The molecule has 3 heteroatoms. The van der Waals surface area contributed by atoms with Gasteiger partial charge in [-0.2, -0.15) is 0 Å². The first-order chi connectivity index (χ1) is 5.68. The van der Waals surface area contributed by atoms with Gasteiger partial charge in [0.1, 0.15) is 0 Å². The highest BCUT2D eigenvalue weighted by molar-refractivity contribution is 4.62. The minimum absolute atomic E-state index is 0.604. The largest absolute Gasteiger partial charge is 0.385 e. The summed E-state index contributed by atoms with van der Waals surface area (Å²) in [5, 5.41) is 3.38. The van der Waals surface area contributed by atoms with E-state index >= 15 is 0 Å². The summed E-state index contributed by atoms with van der Waals surface area (Å²) in [7, 11) is 5.94. The van der Waals surface area contributed by atoms with Crippen LogP contribution in [0.5, 0.6) is 0 Å². The van der Waals surface area contributed by atoms with Gasteiger partial charge in [0, 0.05) is 26.3 Å². The van der Waals surface area contributed by atoms with E-state index in [-0.39, 0.29) is 0 Å². The Balaban J connectivity index is 3.08. The van der Waals surface area contributed by atoms with Crippen LogP contribution in [0.25, 0.3) is 0 Å². The van der Waals surface area contributed by atoms with E-state index in [0.29, 0.717) is 6.04 Å². The van der Waals surface area contributed by atoms with Gasteiger partial charge in [0.15, 0.2) is 0 Å². The highest BCUT2D eigenvalue weighted by Crippen LogP contribution is 1.88. The summed E-state index contributed by atoms with van der Waals surface area (Å²) >= 11 is 0. The molecule has 0 fully saturated rings. The SMILES string of the molecule is COCCCNCC(C)N(C)C. The average Bonchev–Trinajstić information content (AvgIpc) is 2.03. The third kappa shape index (κ3) is 6.58. The molecule has 0 spiro atoms. The Bertz CT molecular complexity index is 96.5. The molecule has 1 N–H and O–H groups in total. The van der Waals surface area contributed by atoms with Gasteiger partial charge in [-0.05, 0) is 34.0 Å². The van der Waals surface area contributed by atoms with Crippen molar-refractivity contribution in [2.24, 2.45) is 0 Å². The lowest BCUT2D eigenvalue weighted by atomic mass is 10.3. The Morgan fingerprint density at radius 1 is 1.42 bits per heavy atom. The molecule has 74 valence electrons. The van der Waals surface area contributed by atoms with E-state index in [2.05, 4.69) is 31.2 Å². The first kappa shape index (κ1) is 11.9. The average molecular weight is 174 g/mol. The summed E-state index contributed by atoms with van der Waals surface area (Å²) in [5.41, 5.74) is 0. The molecule has 0 amide bonds. The number of ether oxygens (including phenoxy) is 1. The van der Waals surface area contributed by atoms with Gasteiger partial charge in [-0.1, -0.05) is 0 Å². The normalized spacial score (nSPS) is 13.8. The molecule has 0 aliphatic rings. The number of nitrogens with one attached hydrogen (secondary N) is 1. The van der Waals surface area contributed by atoms with Gasteiger partial charge in [0.05, 0.1) is 0 Å². The molecule has 0 aromatic carbocycles. The molecular formula is C9H22N2O. The lowest BCUT2D eigenvalue weighted by Gasteiger charge is -2.19. The van der Waals surface area contributed by atoms with Crippen molar-refractivity contribution in [1.29, 1.82) is 0 Å². The quantitative estimate of drug-likeness (QED) is 0.571. The fourth-order valence-corrected chi connectivity index (χ4v) is 0.835. The van der Waals surface area contributed by atoms with E-state index in [0.717, 1.165) is 26.1 Å². The summed E-state index contributed by atoms with van der Waals surface area (Å²) in [4.78, 5) is 2.21. The fourth-order valence-electron chi connectivity index (χ4n) is 0.835. The molecule has 1 unspecified atom stereocenters. The Morgan fingerprint density at radius 3 is 2.58 bits per heavy atom. The Labute approximate surface area is 76.1 Å². The minimum atomic E-state index is 0.604. The van der Waals surface area contributed by atoms with E-state index in [1.165, 1.54) is 0 Å². The molecular weight excluding hydrogens is 152 g/mol. The Hall–Kier alpha value is -0.120. The first-order valence-electron chi connectivity index (χ1n) is 4.54. The summed E-state index contributed by atoms with van der Waals surface area (Å²) in [6, 6.07) is 0.604. The molecule has 0 aliphatic heterocycles. The zero-order valence-corrected chi connectivity index (χ0v) is 8.76. The van der Waals surface area contributed by atoms with Crippen molar-refractivity contribution in [3.8, 4) is 0 Å². The van der Waals surface area contributed by atoms with Gasteiger partial charge in [0.25, 0.3) is 0 Å². The molecule has 0 bridgehead atoms. The molecule has 0 radical (unpaired) electrons. The molecule has 12 heavy (non-hydrogen) atoms. The molecule has 0 saturated heterocycles. The lowest BCUT2D eigenvalue weighted by Crippen LogP contribution is -2.35. The van der Waals surface area contributed by atoms with Crippen LogP contribution in [0.3, 0.4) is 0 Å². The van der Waals surface area contributed by atoms with Crippen molar-refractivity contribution < 1.29 is 4.74 Å². The van der Waals surface area contributed by atoms with Gasteiger partial charge in [-0.15, -0.1) is 0 Å². The van der Waals surface area contributed by atoms with Gasteiger partial charge in [0.2, 0.25) is 0 Å². The third-order valence-electron chi connectivity index (χ3n) is 2.02. The van der Waals surface area contributed by atoms with Crippen molar-refractivity contribution >= 4 is 0 Å². The molecule has 0 rings (SSSR count). The molecule has 0 aliphatic carbocycles. The van der Waals surface area contributed by atoms with Crippen LogP contribution in [-0.4, -0.2) is 51.8 Å². The van der Waals surface area contributed by atoms with Crippen molar-refractivity contribution in [2.45, 2.75) is 19.4 Å². The van der Waals surface area contributed by atoms with Crippen LogP contribution in [0.4, 0.5) is 0 Å². The van der Waals surface area contributed by atoms with Gasteiger partial charge >= 0.3 is 0 Å². The maximum absolute atomic E-state index is 4.95. The smallest absolute Gasteiger partial charge is 0.0474 e. The Kier molecular flexibility index (Phi) is 7.45. The second kappa shape index (κ2) is 7.53. The van der Waals surface area contributed by atoms with E-state index < -0.39 is 0 Å². The Morgan fingerprint density at radius 2 is 2.08 bits per heavy atom. The predicted molar refractivity (Wildman–Crippen MR) is 52.5 cm³/mol. The summed E-state index contributed by atoms with van der Waals surface area (Å²) < 4.78 is 4.95. The number of likely N-dealkylation sites (N-methyl/N-ethyl adjacent to an activating group) is 1. The number of rotatable bonds is 7. The lowest BCUT2D eigenvalue weighted by molar-refractivity contribution is 0.193. The highest BCUT2D eigenvalue weighted by atomic mass is 16.5. The summed E-state index contributed by atoms with van der Waals surface area (Å²) in [5.74, 6) is 0. The zero-order valence-electron chi connectivity index (χ0n) is 8.76. The van der Waals surface area contributed by atoms with E-state index in [4.69, 9.17) is 4.74 Å². The van der Waals surface area contributed by atoms with Crippen LogP contribution < -0.4 is 5.32 Å². The van der Waals surface area contributed by atoms with Crippen molar-refractivity contribution in [3.63, 3.8) is 0 Å². The third-order valence-corrected chi connectivity index (χ3v) is 2.02. The van der Waals surface area contributed by atoms with E-state index in [1.807, 2.05) is 0 Å². The maximum Gasteiger partial charge on any atom is 0.0474 e. The van der Waals surface area contributed by atoms with E-state index in [9.17, 15) is 0 Å². The van der Waals surface area contributed by atoms with Crippen molar-refractivity contribution in [3.05, 3.63) is 0 Å². The number of methoxy groups -OCH3 is 1. The van der Waals surface area contributed by atoms with Crippen molar-refractivity contribution in [2.75, 3.05) is 40.9 Å². The summed E-state index contributed by atoms with van der Waals surface area (Å²) in [6.07, 6.45) is 1.09. The second-order valence-corrected chi connectivity index (χ2v) is 3.36. The molecule has 0 saturated carbocycles. The second-order valence-electron chi connectivity index (χ2n) is 3.36. The van der Waals surface area contributed by atoms with Gasteiger partial charge < -0.3 is 15.0 Å². The fraction of sp³-hybridized carbons (Fsp3) is 1.00. The maximum atomic E-state index is 4.95. The van der Waals surface area contributed by atoms with Gasteiger partial charge in [-0.3, -0.25) is 0 Å². The number of hydrogen-bond acceptors (Lipinski definition) is 3. The number of nitrogens with zero attached hydrogens (tertiary/aromatic N) is 1. The zero-order chi connectivity index (χ0) is 9.40. The monoisotopic (exact) mass is 174 g/mol. The summed E-state index contributed by atoms with van der Waals surface area (Å²) in [6.45, 7) is 5.16. The van der Waals surface area contributed by atoms with Crippen LogP contribution in [0.15, 0.2) is 0 Å². The number of hydrogen-bond donors (Lipinski definition) is 1. The van der Waals surface area contributed by atoms with Gasteiger partial charge in [-0.25, -0.2) is 0 Å². The van der Waals surface area contributed by atoms with Crippen LogP contribution in [0.1, 0.15) is 13.3 Å². The van der Waals surface area contributed by atoms with Crippen molar-refractivity contribution in [1.82, 2.24) is 10.2 Å². The van der Waals surface area contributed by atoms with Crippen LogP contribution in [-0.2, 0) is 4.74 Å². The molecule has 0 aromatic heterocycles. The highest BCUT2D eigenvalue weighted by Gasteiger charge is 2.01. The standard InChI is InChI=1S/C9H22N2O/c1-9(11(2)3)8-10-6-5-7-12-4/h9-10H,5-8H2,1-4H3. The molecule has 0 aromatic rings. The van der Waals surface area contributed by atoms with Crippen LogP contribution in [0.2, 0.25) is 0 Å². The molecule has 0 heterocycles. The van der Waals surface area contributed by atoms with E-state index in [1.54, 1.807) is 7.11 Å².